The highest BCUT2D eigenvalue weighted by molar-refractivity contribution is 6.04. The molecule has 7 rings (SSSR count). The summed E-state index contributed by atoms with van der Waals surface area (Å²) >= 11 is 0. The number of nitrogens with zero attached hydrogens (tertiary/aromatic N) is 3. The van der Waals surface area contributed by atoms with Crippen LogP contribution in [0, 0.1) is 17.3 Å². The summed E-state index contributed by atoms with van der Waals surface area (Å²) in [7, 11) is 0. The van der Waals surface area contributed by atoms with Crippen LogP contribution in [0.15, 0.2) is 48.7 Å². The molecule has 4 atom stereocenters. The highest BCUT2D eigenvalue weighted by Crippen LogP contribution is 2.75. The second-order valence-corrected chi connectivity index (χ2v) is 10.3. The number of carbonyl (C=O) groups excluding carboxylic acids is 1. The summed E-state index contributed by atoms with van der Waals surface area (Å²) in [6.07, 6.45) is 13.6. The minimum absolute atomic E-state index is 0.00771. The molecule has 6 heteroatoms. The van der Waals surface area contributed by atoms with Gasteiger partial charge in [-0.1, -0.05) is 12.2 Å². The summed E-state index contributed by atoms with van der Waals surface area (Å²) < 4.78 is 0. The molecule has 0 saturated heterocycles. The Labute approximate surface area is 193 Å². The van der Waals surface area contributed by atoms with Gasteiger partial charge in [0.1, 0.15) is 5.82 Å². The lowest BCUT2D eigenvalue weighted by Gasteiger charge is -2.44. The first-order valence-corrected chi connectivity index (χ1v) is 12.4. The third-order valence-electron chi connectivity index (χ3n) is 8.69. The SMILES string of the molecule is O=C(NC1CC23CC2CCC13)c1ccnc2nc(-c3ccc(N4CCC=CCC4)cc3)[nH]c12. The smallest absolute Gasteiger partial charge is 0.253 e. The van der Waals surface area contributed by atoms with Crippen LogP contribution in [-0.2, 0) is 0 Å². The highest BCUT2D eigenvalue weighted by Gasteiger charge is 2.71. The van der Waals surface area contributed by atoms with Gasteiger partial charge in [-0.2, -0.15) is 0 Å². The Morgan fingerprint density at radius 3 is 2.64 bits per heavy atom. The standard InChI is InChI=1S/C27H29N5O/c33-26(29-22-16-27-15-18(27)7-10-21(22)27)20-11-12-28-25-23(20)30-24(31-25)17-5-8-19(9-6-17)32-13-3-1-2-4-14-32/h1-2,5-6,8-9,11-12,18,21-22H,3-4,7,10,13-16H2,(H,29,33)(H,28,30,31). The van der Waals surface area contributed by atoms with Gasteiger partial charge in [-0.3, -0.25) is 4.79 Å². The lowest BCUT2D eigenvalue weighted by atomic mass is 9.67. The van der Waals surface area contributed by atoms with E-state index in [9.17, 15) is 4.79 Å². The molecule has 6 nitrogen and oxygen atoms in total. The fraction of sp³-hybridized carbons (Fsp3) is 0.444. The molecule has 3 aromatic rings. The van der Waals surface area contributed by atoms with E-state index in [1.165, 1.54) is 24.9 Å². The first-order chi connectivity index (χ1) is 16.2. The molecule has 1 aromatic carbocycles. The van der Waals surface area contributed by atoms with Crippen LogP contribution in [0.1, 0.15) is 48.9 Å². The number of amides is 1. The van der Waals surface area contributed by atoms with Gasteiger partial charge in [0.15, 0.2) is 5.65 Å². The zero-order valence-electron chi connectivity index (χ0n) is 18.8. The Hall–Kier alpha value is -3.15. The van der Waals surface area contributed by atoms with Crippen LogP contribution in [-0.4, -0.2) is 40.0 Å². The summed E-state index contributed by atoms with van der Waals surface area (Å²) in [5, 5.41) is 3.32. The van der Waals surface area contributed by atoms with E-state index in [0.717, 1.165) is 55.2 Å². The maximum Gasteiger partial charge on any atom is 0.253 e. The van der Waals surface area contributed by atoms with Crippen LogP contribution >= 0.6 is 0 Å². The molecular weight excluding hydrogens is 410 g/mol. The molecule has 3 heterocycles. The van der Waals surface area contributed by atoms with Gasteiger partial charge < -0.3 is 15.2 Å². The topological polar surface area (TPSA) is 73.9 Å². The largest absolute Gasteiger partial charge is 0.371 e. The second kappa shape index (κ2) is 7.17. The van der Waals surface area contributed by atoms with Gasteiger partial charge in [-0.15, -0.1) is 0 Å². The number of carbonyl (C=O) groups is 1. The summed E-state index contributed by atoms with van der Waals surface area (Å²) in [6, 6.07) is 10.7. The van der Waals surface area contributed by atoms with E-state index in [-0.39, 0.29) is 5.91 Å². The number of pyridine rings is 1. The summed E-state index contributed by atoms with van der Waals surface area (Å²) in [5.41, 5.74) is 4.79. The summed E-state index contributed by atoms with van der Waals surface area (Å²) in [4.78, 5) is 28.1. The molecule has 1 spiro atoms. The van der Waals surface area contributed by atoms with Crippen LogP contribution in [0.5, 0.6) is 0 Å². The monoisotopic (exact) mass is 439 g/mol. The number of aromatic amines is 1. The molecule has 4 aliphatic rings. The fourth-order valence-corrected chi connectivity index (χ4v) is 6.84. The predicted octanol–water partition coefficient (Wildman–Crippen LogP) is 4.70. The number of fused-ring (bicyclic) bond motifs is 1. The van der Waals surface area contributed by atoms with Crippen molar-refractivity contribution in [2.75, 3.05) is 18.0 Å². The van der Waals surface area contributed by atoms with E-state index in [1.54, 1.807) is 12.3 Å². The molecule has 1 aliphatic heterocycles. The lowest BCUT2D eigenvalue weighted by Crippen LogP contribution is -2.52. The van der Waals surface area contributed by atoms with Crippen molar-refractivity contribution in [3.8, 4) is 11.4 Å². The number of rotatable bonds is 4. The van der Waals surface area contributed by atoms with E-state index in [4.69, 9.17) is 4.98 Å². The molecule has 2 N–H and O–H groups in total. The Morgan fingerprint density at radius 1 is 1.06 bits per heavy atom. The average molecular weight is 440 g/mol. The minimum atomic E-state index is -0.00771. The van der Waals surface area contributed by atoms with Gasteiger partial charge in [0.2, 0.25) is 0 Å². The van der Waals surface area contributed by atoms with Crippen LogP contribution in [0.2, 0.25) is 0 Å². The third kappa shape index (κ3) is 3.03. The predicted molar refractivity (Wildman–Crippen MR) is 129 cm³/mol. The maximum absolute atomic E-state index is 13.2. The van der Waals surface area contributed by atoms with Crippen molar-refractivity contribution in [3.63, 3.8) is 0 Å². The summed E-state index contributed by atoms with van der Waals surface area (Å²) in [6.45, 7) is 2.10. The summed E-state index contributed by atoms with van der Waals surface area (Å²) in [5.74, 6) is 2.38. The Morgan fingerprint density at radius 2 is 1.88 bits per heavy atom. The number of hydrogen-bond donors (Lipinski definition) is 2. The number of anilines is 1. The van der Waals surface area contributed by atoms with E-state index in [1.807, 2.05) is 0 Å². The van der Waals surface area contributed by atoms with Crippen LogP contribution in [0.3, 0.4) is 0 Å². The quantitative estimate of drug-likeness (QED) is 0.578. The van der Waals surface area contributed by atoms with Crippen molar-refractivity contribution in [3.05, 3.63) is 54.2 Å². The number of benzene rings is 1. The Balaban J connectivity index is 1.11. The zero-order chi connectivity index (χ0) is 22.0. The average Bonchev–Trinajstić information content (AvgIpc) is 3.40. The molecule has 1 amide bonds. The molecule has 3 saturated carbocycles. The van der Waals surface area contributed by atoms with Gasteiger partial charge in [-0.25, -0.2) is 9.97 Å². The first-order valence-electron chi connectivity index (χ1n) is 12.4. The number of imidazole rings is 1. The lowest BCUT2D eigenvalue weighted by molar-refractivity contribution is 0.0694. The zero-order valence-corrected chi connectivity index (χ0v) is 18.8. The van der Waals surface area contributed by atoms with Gasteiger partial charge in [-0.05, 0) is 86.1 Å². The first kappa shape index (κ1) is 19.3. The van der Waals surface area contributed by atoms with Crippen LogP contribution in [0.4, 0.5) is 5.69 Å². The van der Waals surface area contributed by atoms with Crippen molar-refractivity contribution in [2.24, 2.45) is 17.3 Å². The Kier molecular flexibility index (Phi) is 4.20. The number of nitrogens with one attached hydrogen (secondary N) is 2. The third-order valence-corrected chi connectivity index (χ3v) is 8.69. The van der Waals surface area contributed by atoms with Crippen molar-refractivity contribution in [1.29, 1.82) is 0 Å². The molecule has 168 valence electrons. The highest BCUT2D eigenvalue weighted by atomic mass is 16.1. The van der Waals surface area contributed by atoms with Crippen LogP contribution < -0.4 is 10.2 Å². The van der Waals surface area contributed by atoms with Gasteiger partial charge in [0.25, 0.3) is 5.91 Å². The Bertz CT molecular complexity index is 1250. The molecule has 0 radical (unpaired) electrons. The van der Waals surface area contributed by atoms with E-state index >= 15 is 0 Å². The minimum Gasteiger partial charge on any atom is -0.371 e. The molecule has 0 bridgehead atoms. The molecule has 4 unspecified atom stereocenters. The maximum atomic E-state index is 13.2. The van der Waals surface area contributed by atoms with Crippen molar-refractivity contribution in [1.82, 2.24) is 20.3 Å². The fourth-order valence-electron chi connectivity index (χ4n) is 6.84. The molecule has 3 fully saturated rings. The normalized spacial score (nSPS) is 29.8. The van der Waals surface area contributed by atoms with E-state index in [2.05, 4.69) is 56.6 Å². The van der Waals surface area contributed by atoms with E-state index in [0.29, 0.717) is 28.6 Å². The van der Waals surface area contributed by atoms with Gasteiger partial charge in [0.05, 0.1) is 11.1 Å². The number of H-pyrrole nitrogens is 1. The van der Waals surface area contributed by atoms with Crippen molar-refractivity contribution in [2.45, 2.75) is 44.6 Å². The second-order valence-electron chi connectivity index (χ2n) is 10.3. The van der Waals surface area contributed by atoms with Crippen molar-refractivity contribution < 1.29 is 4.79 Å². The van der Waals surface area contributed by atoms with Gasteiger partial charge in [0, 0.05) is 36.6 Å². The van der Waals surface area contributed by atoms with Gasteiger partial charge >= 0.3 is 0 Å². The molecule has 3 aliphatic carbocycles. The number of aromatic nitrogens is 3. The molecular formula is C27H29N5O. The van der Waals surface area contributed by atoms with Crippen molar-refractivity contribution >= 4 is 22.8 Å². The van der Waals surface area contributed by atoms with Crippen LogP contribution in [0.25, 0.3) is 22.6 Å². The molecule has 2 aromatic heterocycles. The van der Waals surface area contributed by atoms with E-state index < -0.39 is 0 Å². The number of hydrogen-bond acceptors (Lipinski definition) is 4. The molecule has 33 heavy (non-hydrogen) atoms.